The highest BCUT2D eigenvalue weighted by atomic mass is 19.4. The number of rotatable bonds is 3. The number of nitrogens with two attached hydrogens (primary N) is 1. The van der Waals surface area contributed by atoms with Gasteiger partial charge in [0, 0.05) is 42.7 Å². The molecule has 0 aliphatic carbocycles. The van der Waals surface area contributed by atoms with E-state index in [0.29, 0.717) is 54.9 Å². The summed E-state index contributed by atoms with van der Waals surface area (Å²) in [6, 6.07) is 8.00. The largest absolute Gasteiger partial charge is 0.416 e. The van der Waals surface area contributed by atoms with E-state index in [4.69, 9.17) is 15.6 Å². The van der Waals surface area contributed by atoms with Crippen LogP contribution in [0.1, 0.15) is 41.3 Å². The number of amides is 2. The molecule has 0 unspecified atom stereocenters. The predicted octanol–water partition coefficient (Wildman–Crippen LogP) is 4.20. The molecule has 3 aromatic heterocycles. The molecular weight excluding hydrogens is 539 g/mol. The molecule has 1 aliphatic rings. The van der Waals surface area contributed by atoms with Crippen molar-refractivity contribution in [3.8, 4) is 11.3 Å². The van der Waals surface area contributed by atoms with Crippen LogP contribution in [0.25, 0.3) is 22.2 Å². The Kier molecular flexibility index (Phi) is 7.88. The van der Waals surface area contributed by atoms with Crippen LogP contribution in [0.3, 0.4) is 0 Å². The van der Waals surface area contributed by atoms with E-state index in [1.54, 1.807) is 30.5 Å². The minimum atomic E-state index is -4.55. The lowest BCUT2D eigenvalue weighted by Crippen LogP contribution is -2.36. The van der Waals surface area contributed by atoms with Crippen LogP contribution in [-0.4, -0.2) is 50.8 Å². The molecule has 2 amide bonds. The SMILES string of the molecule is C[C@@H]1CCn2nc(-c3ccc(C(=O)Nc4cc(C(F)(F)F)ccn4)cc3)c3c(N)ncc(c32)CCCOCC(=O)N1. The van der Waals surface area contributed by atoms with Crippen LogP contribution in [0.2, 0.25) is 0 Å². The molecule has 0 spiro atoms. The monoisotopic (exact) mass is 567 g/mol. The third-order valence-corrected chi connectivity index (χ3v) is 6.77. The van der Waals surface area contributed by atoms with Gasteiger partial charge >= 0.3 is 6.18 Å². The molecular formula is C28H28F3N7O3. The Morgan fingerprint density at radius 1 is 1.20 bits per heavy atom. The first-order chi connectivity index (χ1) is 19.6. The fourth-order valence-corrected chi connectivity index (χ4v) is 4.73. The van der Waals surface area contributed by atoms with Gasteiger partial charge < -0.3 is 21.1 Å². The number of carbonyl (C=O) groups is 2. The molecule has 0 saturated heterocycles. The highest BCUT2D eigenvalue weighted by Crippen LogP contribution is 2.34. The summed E-state index contributed by atoms with van der Waals surface area (Å²) in [5, 5.41) is 10.9. The Morgan fingerprint density at radius 3 is 2.73 bits per heavy atom. The van der Waals surface area contributed by atoms with E-state index >= 15 is 0 Å². The number of nitrogens with one attached hydrogen (secondary N) is 2. The Hall–Kier alpha value is -4.52. The average Bonchev–Trinajstić information content (AvgIpc) is 3.33. The Morgan fingerprint density at radius 2 is 1.98 bits per heavy atom. The number of hydrogen-bond acceptors (Lipinski definition) is 7. The standard InChI is InChI=1S/C28H28F3N7O3/c1-16-9-11-38-25-19(3-2-12-41-15-22(39)35-16)14-34-26(32)23(25)24(37-38)17-4-6-18(7-5-17)27(40)36-21-13-20(8-10-33-21)28(29,30)31/h4-8,10,13-14,16H,2-3,9,11-12,15H2,1H3,(H2,32,34)(H,35,39)(H,33,36,40)/t16-/m1/s1. The van der Waals surface area contributed by atoms with Crippen LogP contribution in [0.4, 0.5) is 24.8 Å². The van der Waals surface area contributed by atoms with E-state index in [1.807, 2.05) is 11.6 Å². The first kappa shape index (κ1) is 28.0. The van der Waals surface area contributed by atoms with Crippen LogP contribution < -0.4 is 16.4 Å². The fraction of sp³-hybridized carbons (Fsp3) is 0.321. The molecule has 1 aromatic carbocycles. The van der Waals surface area contributed by atoms with E-state index in [-0.39, 0.29) is 29.9 Å². The Labute approximate surface area is 233 Å². The van der Waals surface area contributed by atoms with Gasteiger partial charge in [-0.1, -0.05) is 12.1 Å². The summed E-state index contributed by atoms with van der Waals surface area (Å²) in [5.41, 5.74) is 8.73. The van der Waals surface area contributed by atoms with Gasteiger partial charge in [0.15, 0.2) is 0 Å². The molecule has 0 radical (unpaired) electrons. The maximum atomic E-state index is 13.0. The second-order valence-electron chi connectivity index (χ2n) is 9.84. The van der Waals surface area contributed by atoms with Crippen molar-refractivity contribution in [2.75, 3.05) is 24.3 Å². The zero-order valence-electron chi connectivity index (χ0n) is 22.2. The van der Waals surface area contributed by atoms with E-state index in [9.17, 15) is 22.8 Å². The summed E-state index contributed by atoms with van der Waals surface area (Å²) in [5.74, 6) is -0.675. The lowest BCUT2D eigenvalue weighted by atomic mass is 10.0. The van der Waals surface area contributed by atoms with Crippen molar-refractivity contribution in [1.82, 2.24) is 25.1 Å². The summed E-state index contributed by atoms with van der Waals surface area (Å²) in [7, 11) is 0. The third-order valence-electron chi connectivity index (χ3n) is 6.77. The molecule has 0 bridgehead atoms. The minimum Gasteiger partial charge on any atom is -0.383 e. The maximum Gasteiger partial charge on any atom is 0.416 e. The zero-order valence-corrected chi connectivity index (χ0v) is 22.2. The predicted molar refractivity (Wildman–Crippen MR) is 146 cm³/mol. The van der Waals surface area contributed by atoms with Crippen LogP contribution in [0, 0.1) is 0 Å². The van der Waals surface area contributed by atoms with Crippen molar-refractivity contribution in [3.05, 3.63) is 65.5 Å². The van der Waals surface area contributed by atoms with Crippen molar-refractivity contribution in [1.29, 1.82) is 0 Å². The number of anilines is 2. The fourth-order valence-electron chi connectivity index (χ4n) is 4.73. The summed E-state index contributed by atoms with van der Waals surface area (Å²) in [6.07, 6.45) is 0.114. The molecule has 214 valence electrons. The topological polar surface area (TPSA) is 137 Å². The number of halogens is 3. The Bertz CT molecular complexity index is 1590. The lowest BCUT2D eigenvalue weighted by Gasteiger charge is -2.14. The van der Waals surface area contributed by atoms with Crippen molar-refractivity contribution < 1.29 is 27.5 Å². The normalized spacial score (nSPS) is 16.8. The van der Waals surface area contributed by atoms with Gasteiger partial charge in [-0.3, -0.25) is 14.3 Å². The number of ether oxygens (including phenoxy) is 1. The number of alkyl halides is 3. The van der Waals surface area contributed by atoms with Crippen LogP contribution in [-0.2, 0) is 28.7 Å². The number of pyridine rings is 2. The van der Waals surface area contributed by atoms with Gasteiger partial charge in [0.25, 0.3) is 5.91 Å². The number of carbonyl (C=O) groups excluding carboxylic acids is 2. The van der Waals surface area contributed by atoms with E-state index in [0.717, 1.165) is 29.4 Å². The number of nitrogen functional groups attached to an aromatic ring is 1. The van der Waals surface area contributed by atoms with Crippen LogP contribution in [0.5, 0.6) is 0 Å². The van der Waals surface area contributed by atoms with Crippen molar-refractivity contribution >= 4 is 34.4 Å². The molecule has 10 nitrogen and oxygen atoms in total. The first-order valence-electron chi connectivity index (χ1n) is 13.1. The second kappa shape index (κ2) is 11.5. The number of benzene rings is 1. The van der Waals surface area contributed by atoms with Gasteiger partial charge in [-0.25, -0.2) is 9.97 Å². The van der Waals surface area contributed by atoms with Crippen LogP contribution >= 0.6 is 0 Å². The molecule has 4 heterocycles. The van der Waals surface area contributed by atoms with Gasteiger partial charge in [0.2, 0.25) is 5.91 Å². The van der Waals surface area contributed by atoms with Gasteiger partial charge in [-0.05, 0) is 56.0 Å². The summed E-state index contributed by atoms with van der Waals surface area (Å²) < 4.78 is 46.4. The lowest BCUT2D eigenvalue weighted by molar-refractivity contribution is -0.137. The van der Waals surface area contributed by atoms with Gasteiger partial charge in [-0.15, -0.1) is 0 Å². The van der Waals surface area contributed by atoms with E-state index in [2.05, 4.69) is 20.6 Å². The third kappa shape index (κ3) is 6.30. The quantitative estimate of drug-likeness (QED) is 0.337. The number of aryl methyl sites for hydroxylation is 2. The van der Waals surface area contributed by atoms with Crippen molar-refractivity contribution in [2.45, 2.75) is 44.9 Å². The molecule has 4 aromatic rings. The second-order valence-corrected chi connectivity index (χ2v) is 9.84. The zero-order chi connectivity index (χ0) is 29.1. The van der Waals surface area contributed by atoms with Crippen molar-refractivity contribution in [3.63, 3.8) is 0 Å². The number of nitrogens with zero attached hydrogens (tertiary/aromatic N) is 4. The number of hydrogen-bond donors (Lipinski definition) is 3. The molecule has 1 atom stereocenters. The molecule has 5 rings (SSSR count). The smallest absolute Gasteiger partial charge is 0.383 e. The summed E-state index contributed by atoms with van der Waals surface area (Å²) in [4.78, 5) is 33.1. The van der Waals surface area contributed by atoms with Gasteiger partial charge in [0.1, 0.15) is 23.9 Å². The van der Waals surface area contributed by atoms with E-state index < -0.39 is 17.6 Å². The molecule has 41 heavy (non-hydrogen) atoms. The summed E-state index contributed by atoms with van der Waals surface area (Å²) >= 11 is 0. The highest BCUT2D eigenvalue weighted by Gasteiger charge is 2.31. The minimum absolute atomic E-state index is 0.0128. The molecule has 4 N–H and O–H groups in total. The van der Waals surface area contributed by atoms with Crippen LogP contribution in [0.15, 0.2) is 48.8 Å². The molecule has 0 saturated carbocycles. The van der Waals surface area contributed by atoms with Gasteiger partial charge in [-0.2, -0.15) is 18.3 Å². The Balaban J connectivity index is 1.45. The molecule has 13 heteroatoms. The molecule has 0 fully saturated rings. The number of aromatic nitrogens is 4. The summed E-state index contributed by atoms with van der Waals surface area (Å²) in [6.45, 7) is 2.85. The van der Waals surface area contributed by atoms with E-state index in [1.165, 1.54) is 0 Å². The van der Waals surface area contributed by atoms with Crippen molar-refractivity contribution in [2.24, 2.45) is 0 Å². The van der Waals surface area contributed by atoms with Gasteiger partial charge in [0.05, 0.1) is 16.5 Å². The average molecular weight is 568 g/mol. The molecule has 1 aliphatic heterocycles. The first-order valence-corrected chi connectivity index (χ1v) is 13.1. The maximum absolute atomic E-state index is 13.0. The highest BCUT2D eigenvalue weighted by molar-refractivity contribution is 6.05.